The molecule has 2 aromatic rings. The molecule has 2 aliphatic rings. The van der Waals surface area contributed by atoms with Crippen LogP contribution in [0.2, 0.25) is 5.02 Å². The molecule has 0 aliphatic carbocycles. The molecule has 1 saturated heterocycles. The Morgan fingerprint density at radius 2 is 1.89 bits per heavy atom. The van der Waals surface area contributed by atoms with Gasteiger partial charge in [0.25, 0.3) is 5.91 Å². The highest BCUT2D eigenvalue weighted by Gasteiger charge is 2.27. The van der Waals surface area contributed by atoms with E-state index >= 15 is 0 Å². The van der Waals surface area contributed by atoms with Gasteiger partial charge in [0.2, 0.25) is 5.91 Å². The maximum Gasteiger partial charge on any atom is 0.326 e. The second-order valence-corrected chi connectivity index (χ2v) is 10.2. The summed E-state index contributed by atoms with van der Waals surface area (Å²) in [5.74, 6) is -0.977. The van der Waals surface area contributed by atoms with Crippen molar-refractivity contribution in [3.05, 3.63) is 63.7 Å². The van der Waals surface area contributed by atoms with Gasteiger partial charge in [0.05, 0.1) is 6.54 Å². The summed E-state index contributed by atoms with van der Waals surface area (Å²) in [5, 5.41) is 19.0. The van der Waals surface area contributed by atoms with Crippen molar-refractivity contribution < 1.29 is 19.5 Å². The maximum absolute atomic E-state index is 13.0. The standard InChI is InChI=1S/C28H34ClN5O4/c1-3-19-16-21(29)14-17(2)24(19)26(36)32-23(27(37)38)15-18-4-6-22(7-5-18)34-12-8-20(9-13-34)25(35)33-28-30-10-11-31-28/h4-7,14,16,20,23H,3,8-13,15H2,1-2H3,(H,32,36)(H,37,38)(H2,30,31,33,35). The number of rotatable bonds is 8. The van der Waals surface area contributed by atoms with E-state index in [1.807, 2.05) is 31.2 Å². The highest BCUT2D eigenvalue weighted by molar-refractivity contribution is 6.30. The number of aryl methyl sites for hydroxylation is 2. The second kappa shape index (κ2) is 12.3. The smallest absolute Gasteiger partial charge is 0.326 e. The number of halogens is 1. The fourth-order valence-corrected chi connectivity index (χ4v) is 5.32. The highest BCUT2D eigenvalue weighted by atomic mass is 35.5. The molecule has 9 nitrogen and oxygen atoms in total. The number of piperidine rings is 1. The summed E-state index contributed by atoms with van der Waals surface area (Å²) < 4.78 is 0. The van der Waals surface area contributed by atoms with Crippen LogP contribution >= 0.6 is 11.6 Å². The van der Waals surface area contributed by atoms with Crippen LogP contribution in [0, 0.1) is 12.8 Å². The van der Waals surface area contributed by atoms with Gasteiger partial charge in [0, 0.05) is 48.2 Å². The topological polar surface area (TPSA) is 123 Å². The van der Waals surface area contributed by atoms with Gasteiger partial charge in [-0.2, -0.15) is 0 Å². The largest absolute Gasteiger partial charge is 0.480 e. The summed E-state index contributed by atoms with van der Waals surface area (Å²) in [6.45, 7) is 6.68. The van der Waals surface area contributed by atoms with Crippen molar-refractivity contribution in [1.29, 1.82) is 0 Å². The van der Waals surface area contributed by atoms with Crippen LogP contribution in [0.5, 0.6) is 0 Å². The quantitative estimate of drug-likeness (QED) is 0.409. The number of aliphatic carboxylic acids is 1. The molecule has 1 atom stereocenters. The molecule has 0 spiro atoms. The van der Waals surface area contributed by atoms with E-state index in [0.29, 0.717) is 35.1 Å². The molecule has 0 radical (unpaired) electrons. The van der Waals surface area contributed by atoms with Gasteiger partial charge in [0.1, 0.15) is 6.04 Å². The predicted molar refractivity (Wildman–Crippen MR) is 148 cm³/mol. The van der Waals surface area contributed by atoms with Crippen LogP contribution in [0.15, 0.2) is 41.4 Å². The van der Waals surface area contributed by atoms with Crippen LogP contribution in [0.4, 0.5) is 5.69 Å². The molecule has 0 saturated carbocycles. The number of hydrogen-bond donors (Lipinski definition) is 4. The van der Waals surface area contributed by atoms with E-state index < -0.39 is 17.9 Å². The van der Waals surface area contributed by atoms with E-state index in [1.165, 1.54) is 0 Å². The molecule has 38 heavy (non-hydrogen) atoms. The summed E-state index contributed by atoms with van der Waals surface area (Å²) in [6.07, 6.45) is 2.27. The average molecular weight is 540 g/mol. The number of carboxylic acid groups (broad SMARTS) is 1. The van der Waals surface area contributed by atoms with Crippen molar-refractivity contribution in [3.63, 3.8) is 0 Å². The molecule has 2 heterocycles. The first-order valence-electron chi connectivity index (χ1n) is 13.0. The fourth-order valence-electron chi connectivity index (χ4n) is 5.03. The zero-order valence-electron chi connectivity index (χ0n) is 21.7. The van der Waals surface area contributed by atoms with Crippen LogP contribution in [-0.2, 0) is 22.4 Å². The number of aliphatic imine (C=N–C) groups is 1. The van der Waals surface area contributed by atoms with Gasteiger partial charge >= 0.3 is 5.97 Å². The Hall–Kier alpha value is -3.59. The molecular weight excluding hydrogens is 506 g/mol. The molecular formula is C28H34ClN5O4. The van der Waals surface area contributed by atoms with Crippen molar-refractivity contribution in [3.8, 4) is 0 Å². The van der Waals surface area contributed by atoms with Crippen LogP contribution in [-0.4, -0.2) is 61.1 Å². The Labute approximate surface area is 227 Å². The van der Waals surface area contributed by atoms with Crippen molar-refractivity contribution in [2.45, 2.75) is 45.6 Å². The number of benzene rings is 2. The number of amides is 2. The number of carbonyl (C=O) groups is 3. The number of hydrogen-bond acceptors (Lipinski definition) is 6. The molecule has 2 amide bonds. The first-order valence-corrected chi connectivity index (χ1v) is 13.4. The number of nitrogens with zero attached hydrogens (tertiary/aromatic N) is 2. The normalized spacial score (nSPS) is 16.4. The maximum atomic E-state index is 13.0. The minimum absolute atomic E-state index is 0.00904. The summed E-state index contributed by atoms with van der Waals surface area (Å²) in [4.78, 5) is 44.0. The van der Waals surface area contributed by atoms with Gasteiger partial charge in [-0.05, 0) is 67.1 Å². The van der Waals surface area contributed by atoms with E-state index in [-0.39, 0.29) is 18.2 Å². The lowest BCUT2D eigenvalue weighted by atomic mass is 9.95. The first kappa shape index (κ1) is 27.4. The van der Waals surface area contributed by atoms with Crippen LogP contribution < -0.4 is 20.9 Å². The minimum atomic E-state index is -1.09. The molecule has 2 aromatic carbocycles. The monoisotopic (exact) mass is 539 g/mol. The lowest BCUT2D eigenvalue weighted by Gasteiger charge is -2.33. The number of guanidine groups is 1. The summed E-state index contributed by atoms with van der Waals surface area (Å²) in [6, 6.07) is 10.1. The minimum Gasteiger partial charge on any atom is -0.480 e. The lowest BCUT2D eigenvalue weighted by Crippen LogP contribution is -2.45. The average Bonchev–Trinajstić information content (AvgIpc) is 3.41. The molecule has 4 rings (SSSR count). The van der Waals surface area contributed by atoms with Gasteiger partial charge in [-0.1, -0.05) is 30.7 Å². The van der Waals surface area contributed by atoms with E-state index in [4.69, 9.17) is 11.6 Å². The molecule has 10 heteroatoms. The molecule has 2 aliphatic heterocycles. The Morgan fingerprint density at radius 3 is 2.50 bits per heavy atom. The highest BCUT2D eigenvalue weighted by Crippen LogP contribution is 2.25. The lowest BCUT2D eigenvalue weighted by molar-refractivity contribution is -0.139. The summed E-state index contributed by atoms with van der Waals surface area (Å²) >= 11 is 6.14. The van der Waals surface area contributed by atoms with Crippen molar-refractivity contribution >= 4 is 41.0 Å². The third-order valence-electron chi connectivity index (χ3n) is 7.12. The van der Waals surface area contributed by atoms with E-state index in [0.717, 1.165) is 49.3 Å². The molecule has 1 unspecified atom stereocenters. The van der Waals surface area contributed by atoms with Crippen molar-refractivity contribution in [2.24, 2.45) is 10.9 Å². The number of nitrogens with one attached hydrogen (secondary N) is 3. The van der Waals surface area contributed by atoms with Crippen LogP contribution in [0.3, 0.4) is 0 Å². The van der Waals surface area contributed by atoms with E-state index in [9.17, 15) is 19.5 Å². The Bertz CT molecular complexity index is 1220. The molecule has 0 bridgehead atoms. The molecule has 0 aromatic heterocycles. The van der Waals surface area contributed by atoms with Gasteiger partial charge in [-0.25, -0.2) is 4.79 Å². The second-order valence-electron chi connectivity index (χ2n) is 9.75. The Kier molecular flexibility index (Phi) is 8.89. The number of anilines is 1. The van der Waals surface area contributed by atoms with Gasteiger partial charge < -0.3 is 20.6 Å². The number of carbonyl (C=O) groups excluding carboxylic acids is 2. The van der Waals surface area contributed by atoms with Crippen LogP contribution in [0.1, 0.15) is 46.8 Å². The zero-order chi connectivity index (χ0) is 27.2. The van der Waals surface area contributed by atoms with E-state index in [2.05, 4.69) is 25.8 Å². The fraction of sp³-hybridized carbons (Fsp3) is 0.429. The Morgan fingerprint density at radius 1 is 1.18 bits per heavy atom. The van der Waals surface area contributed by atoms with Gasteiger partial charge in [0.15, 0.2) is 5.96 Å². The third kappa shape index (κ3) is 6.64. The van der Waals surface area contributed by atoms with Gasteiger partial charge in [-0.15, -0.1) is 0 Å². The third-order valence-corrected chi connectivity index (χ3v) is 7.33. The zero-order valence-corrected chi connectivity index (χ0v) is 22.5. The first-order chi connectivity index (χ1) is 18.2. The van der Waals surface area contributed by atoms with Crippen LogP contribution in [0.25, 0.3) is 0 Å². The molecule has 1 fully saturated rings. The predicted octanol–water partition coefficient (Wildman–Crippen LogP) is 2.93. The SMILES string of the molecule is CCc1cc(Cl)cc(C)c1C(=O)NC(Cc1ccc(N2CCC(C(=O)NC3=NCCN3)CC2)cc1)C(=O)O. The van der Waals surface area contributed by atoms with Crippen molar-refractivity contribution in [1.82, 2.24) is 16.0 Å². The van der Waals surface area contributed by atoms with Crippen molar-refractivity contribution in [2.75, 3.05) is 31.1 Å². The summed E-state index contributed by atoms with van der Waals surface area (Å²) in [5.41, 5.74) is 3.80. The molecule has 4 N–H and O–H groups in total. The Balaban J connectivity index is 1.34. The summed E-state index contributed by atoms with van der Waals surface area (Å²) in [7, 11) is 0. The van der Waals surface area contributed by atoms with Gasteiger partial charge in [-0.3, -0.25) is 19.9 Å². The number of carboxylic acids is 1. The van der Waals surface area contributed by atoms with E-state index in [1.54, 1.807) is 19.1 Å². The molecule has 202 valence electrons.